The first-order valence-electron chi connectivity index (χ1n) is 13.0. The number of carbonyl (C=O) groups excluding carboxylic acids is 2. The Kier molecular flexibility index (Phi) is 8.46. The standard InChI is InChI=1S/C29H27FN6O4S2/c1-15-7-8-16(30)11-20(15)33-24(38)14-41-29-35-34-28(42-29)36-21-5-4-6-22(37)26(21)25(19(13-31)27(36)32)18-12-17(39-2)9-10-23(18)40-3/h7-12,25H,4-6,14,32H2,1-3H3,(H,33,38). The molecule has 1 amide bonds. The fraction of sp³-hybridized carbons (Fsp3) is 0.276. The van der Waals surface area contributed by atoms with Crippen LogP contribution in [0.1, 0.15) is 36.3 Å². The molecular weight excluding hydrogens is 579 g/mol. The number of nitrogens with two attached hydrogens (primary N) is 1. The van der Waals surface area contributed by atoms with Crippen molar-refractivity contribution in [1.29, 1.82) is 5.26 Å². The molecular formula is C29H27FN6O4S2. The summed E-state index contributed by atoms with van der Waals surface area (Å²) < 4.78 is 25.1. The third-order valence-electron chi connectivity index (χ3n) is 7.05. The Balaban J connectivity index is 1.46. The predicted octanol–water partition coefficient (Wildman–Crippen LogP) is 5.04. The van der Waals surface area contributed by atoms with Gasteiger partial charge in [-0.1, -0.05) is 29.2 Å². The number of thioether (sulfide) groups is 1. The summed E-state index contributed by atoms with van der Waals surface area (Å²) in [4.78, 5) is 27.6. The maximum absolute atomic E-state index is 13.6. The molecule has 216 valence electrons. The lowest BCUT2D eigenvalue weighted by molar-refractivity contribution is -0.116. The minimum absolute atomic E-state index is 0.0174. The van der Waals surface area contributed by atoms with Gasteiger partial charge in [0.2, 0.25) is 11.0 Å². The number of Topliss-reactive ketones (excluding diaryl/α,β-unsaturated/α-hetero) is 1. The molecule has 13 heteroatoms. The van der Waals surface area contributed by atoms with Gasteiger partial charge in [-0.15, -0.1) is 10.2 Å². The number of hydrogen-bond acceptors (Lipinski definition) is 11. The van der Waals surface area contributed by atoms with Crippen LogP contribution in [-0.4, -0.2) is 41.9 Å². The smallest absolute Gasteiger partial charge is 0.234 e. The van der Waals surface area contributed by atoms with Gasteiger partial charge in [0, 0.05) is 28.9 Å². The van der Waals surface area contributed by atoms with E-state index in [1.807, 2.05) is 0 Å². The number of anilines is 2. The fourth-order valence-electron chi connectivity index (χ4n) is 5.07. The van der Waals surface area contributed by atoms with E-state index in [1.165, 1.54) is 37.7 Å². The number of methoxy groups -OCH3 is 2. The molecule has 1 aliphatic carbocycles. The van der Waals surface area contributed by atoms with Crippen LogP contribution in [0.25, 0.3) is 0 Å². The van der Waals surface area contributed by atoms with Crippen LogP contribution in [0, 0.1) is 24.1 Å². The monoisotopic (exact) mass is 606 g/mol. The maximum atomic E-state index is 13.6. The number of halogens is 1. The van der Waals surface area contributed by atoms with E-state index in [2.05, 4.69) is 21.6 Å². The average Bonchev–Trinajstić information content (AvgIpc) is 3.45. The summed E-state index contributed by atoms with van der Waals surface area (Å²) in [5, 5.41) is 21.9. The Morgan fingerprint density at radius 3 is 2.79 bits per heavy atom. The Labute approximate surface area is 250 Å². The Morgan fingerprint density at radius 1 is 1.24 bits per heavy atom. The number of amides is 1. The highest BCUT2D eigenvalue weighted by molar-refractivity contribution is 8.01. The summed E-state index contributed by atoms with van der Waals surface area (Å²) in [7, 11) is 3.06. The number of nitrogens with zero attached hydrogens (tertiary/aromatic N) is 4. The third-order valence-corrected chi connectivity index (χ3v) is 9.09. The minimum Gasteiger partial charge on any atom is -0.497 e. The van der Waals surface area contributed by atoms with Gasteiger partial charge in [-0.2, -0.15) is 5.26 Å². The second-order valence-electron chi connectivity index (χ2n) is 9.57. The molecule has 0 fully saturated rings. The van der Waals surface area contributed by atoms with Gasteiger partial charge in [0.1, 0.15) is 23.1 Å². The summed E-state index contributed by atoms with van der Waals surface area (Å²) in [5.41, 5.74) is 9.71. The number of nitrogens with one attached hydrogen (secondary N) is 1. The van der Waals surface area contributed by atoms with Crippen LogP contribution in [-0.2, 0) is 9.59 Å². The number of aryl methyl sites for hydroxylation is 1. The number of aromatic nitrogens is 2. The number of ketones is 1. The predicted molar refractivity (Wildman–Crippen MR) is 158 cm³/mol. The van der Waals surface area contributed by atoms with E-state index in [0.29, 0.717) is 62.8 Å². The van der Waals surface area contributed by atoms with E-state index in [0.717, 1.165) is 17.3 Å². The normalized spacial score (nSPS) is 16.7. The molecule has 0 spiro atoms. The first-order chi connectivity index (χ1) is 20.2. The molecule has 3 aromatic rings. The van der Waals surface area contributed by atoms with Crippen molar-refractivity contribution < 1.29 is 23.5 Å². The molecule has 1 aromatic heterocycles. The van der Waals surface area contributed by atoms with E-state index < -0.39 is 11.7 Å². The first-order valence-corrected chi connectivity index (χ1v) is 14.8. The van der Waals surface area contributed by atoms with Crippen LogP contribution in [0.15, 0.2) is 63.4 Å². The Hall–Kier alpha value is -4.41. The molecule has 3 N–H and O–H groups in total. The van der Waals surface area contributed by atoms with Gasteiger partial charge in [-0.05, 0) is 55.7 Å². The quantitative estimate of drug-likeness (QED) is 0.335. The van der Waals surface area contributed by atoms with E-state index in [-0.39, 0.29) is 28.8 Å². The maximum Gasteiger partial charge on any atom is 0.234 e. The molecule has 42 heavy (non-hydrogen) atoms. The lowest BCUT2D eigenvalue weighted by Crippen LogP contribution is -2.38. The first kappa shape index (κ1) is 29.1. The van der Waals surface area contributed by atoms with Crippen LogP contribution in [0.4, 0.5) is 15.2 Å². The number of rotatable bonds is 8. The number of carbonyl (C=O) groups is 2. The zero-order valence-corrected chi connectivity index (χ0v) is 24.7. The molecule has 10 nitrogen and oxygen atoms in total. The highest BCUT2D eigenvalue weighted by Crippen LogP contribution is 2.49. The van der Waals surface area contributed by atoms with E-state index in [4.69, 9.17) is 15.2 Å². The number of nitriles is 1. The molecule has 1 aliphatic heterocycles. The number of allylic oxidation sites excluding steroid dienone is 3. The summed E-state index contributed by atoms with van der Waals surface area (Å²) in [6.07, 6.45) is 1.50. The number of hydrogen-bond donors (Lipinski definition) is 2. The van der Waals surface area contributed by atoms with Crippen molar-refractivity contribution in [1.82, 2.24) is 10.2 Å². The number of benzene rings is 2. The van der Waals surface area contributed by atoms with Crippen molar-refractivity contribution in [2.24, 2.45) is 5.73 Å². The summed E-state index contributed by atoms with van der Waals surface area (Å²) in [6, 6.07) is 11.7. The molecule has 0 bridgehead atoms. The molecule has 0 radical (unpaired) electrons. The second-order valence-corrected chi connectivity index (χ2v) is 11.7. The van der Waals surface area contributed by atoms with Gasteiger partial charge in [0.25, 0.3) is 0 Å². The van der Waals surface area contributed by atoms with E-state index >= 15 is 0 Å². The molecule has 0 saturated heterocycles. The van der Waals surface area contributed by atoms with Crippen molar-refractivity contribution in [3.8, 4) is 17.6 Å². The molecule has 0 saturated carbocycles. The van der Waals surface area contributed by atoms with Gasteiger partial charge in [-0.25, -0.2) is 4.39 Å². The molecule has 1 unspecified atom stereocenters. The van der Waals surface area contributed by atoms with Crippen LogP contribution in [0.5, 0.6) is 11.5 Å². The van der Waals surface area contributed by atoms with Crippen LogP contribution >= 0.6 is 23.1 Å². The van der Waals surface area contributed by atoms with Gasteiger partial charge < -0.3 is 20.5 Å². The van der Waals surface area contributed by atoms with Crippen LogP contribution in [0.2, 0.25) is 0 Å². The van der Waals surface area contributed by atoms with Crippen LogP contribution in [0.3, 0.4) is 0 Å². The Morgan fingerprint density at radius 2 is 2.05 bits per heavy atom. The molecule has 2 heterocycles. The number of ether oxygens (including phenoxy) is 2. The highest BCUT2D eigenvalue weighted by Gasteiger charge is 2.42. The molecule has 2 aromatic carbocycles. The van der Waals surface area contributed by atoms with E-state index in [9.17, 15) is 19.2 Å². The third kappa shape index (κ3) is 5.55. The zero-order valence-electron chi connectivity index (χ0n) is 23.1. The van der Waals surface area contributed by atoms with Gasteiger partial charge >= 0.3 is 0 Å². The topological polar surface area (TPSA) is 143 Å². The van der Waals surface area contributed by atoms with Crippen molar-refractivity contribution in [3.63, 3.8) is 0 Å². The lowest BCUT2D eigenvalue weighted by Gasteiger charge is -2.38. The average molecular weight is 607 g/mol. The van der Waals surface area contributed by atoms with Crippen molar-refractivity contribution >= 4 is 45.6 Å². The van der Waals surface area contributed by atoms with Gasteiger partial charge in [-0.3, -0.25) is 14.5 Å². The van der Waals surface area contributed by atoms with Gasteiger partial charge in [0.15, 0.2) is 10.1 Å². The van der Waals surface area contributed by atoms with E-state index in [1.54, 1.807) is 36.1 Å². The van der Waals surface area contributed by atoms with Gasteiger partial charge in [0.05, 0.1) is 37.5 Å². The highest BCUT2D eigenvalue weighted by atomic mass is 32.2. The Bertz CT molecular complexity index is 1680. The summed E-state index contributed by atoms with van der Waals surface area (Å²) in [5.74, 6) is -0.374. The minimum atomic E-state index is -0.740. The zero-order chi connectivity index (χ0) is 30.0. The molecule has 1 atom stereocenters. The fourth-order valence-corrected chi connectivity index (χ4v) is 6.76. The largest absolute Gasteiger partial charge is 0.497 e. The molecule has 5 rings (SSSR count). The molecule has 2 aliphatic rings. The van der Waals surface area contributed by atoms with Crippen molar-refractivity contribution in [3.05, 3.63) is 76.0 Å². The summed E-state index contributed by atoms with van der Waals surface area (Å²) >= 11 is 2.35. The SMILES string of the molecule is COc1ccc(OC)c(C2C(C#N)=C(N)N(c3nnc(SCC(=O)Nc4cc(F)ccc4C)s3)C3=C2C(=O)CCC3)c1. The second kappa shape index (κ2) is 12.2. The van der Waals surface area contributed by atoms with Crippen LogP contribution < -0.4 is 25.4 Å². The van der Waals surface area contributed by atoms with Crippen molar-refractivity contribution in [2.45, 2.75) is 36.4 Å². The van der Waals surface area contributed by atoms with Crippen molar-refractivity contribution in [2.75, 3.05) is 30.2 Å². The lowest BCUT2D eigenvalue weighted by atomic mass is 9.75. The summed E-state index contributed by atoms with van der Waals surface area (Å²) in [6.45, 7) is 1.78.